The van der Waals surface area contributed by atoms with E-state index in [1.807, 2.05) is 41.5 Å². The number of benzene rings is 2. The molecule has 4 rings (SSSR count). The van der Waals surface area contributed by atoms with Gasteiger partial charge in [0, 0.05) is 0 Å². The average Bonchev–Trinajstić information content (AvgIpc) is 3.24. The minimum absolute atomic E-state index is 0. The molecule has 4 aromatic rings. The van der Waals surface area contributed by atoms with E-state index in [9.17, 15) is 0 Å². The van der Waals surface area contributed by atoms with Crippen molar-refractivity contribution in [2.45, 2.75) is 54.4 Å². The molecule has 0 N–H and O–H groups in total. The van der Waals surface area contributed by atoms with E-state index in [1.54, 1.807) is 0 Å². The van der Waals surface area contributed by atoms with Crippen molar-refractivity contribution in [1.29, 1.82) is 0 Å². The summed E-state index contributed by atoms with van der Waals surface area (Å²) in [4.78, 5) is 0. The monoisotopic (exact) mass is 490 g/mol. The van der Waals surface area contributed by atoms with Gasteiger partial charge in [-0.05, 0) is 24.0 Å². The smallest absolute Gasteiger partial charge is 0.273 e. The van der Waals surface area contributed by atoms with Crippen LogP contribution in [-0.2, 0) is 39.0 Å². The first-order chi connectivity index (χ1) is 14.4. The zero-order valence-electron chi connectivity index (χ0n) is 19.5. The molecule has 0 radical (unpaired) electrons. The molecule has 2 aromatic carbocycles. The van der Waals surface area contributed by atoms with Crippen LogP contribution in [-0.4, -0.2) is 20.4 Å². The first-order valence-electron chi connectivity index (χ1n) is 10.3. The Balaban J connectivity index is 0.000000245. The van der Waals surface area contributed by atoms with Gasteiger partial charge in [-0.1, -0.05) is 125 Å². The van der Waals surface area contributed by atoms with Crippen LogP contribution < -0.4 is 0 Å². The van der Waals surface area contributed by atoms with Gasteiger partial charge in [0.05, 0.1) is 0 Å². The maximum Gasteiger partial charge on any atom is 2.00 e. The normalized spacial score (nSPS) is 9.61. The Morgan fingerprint density at radius 2 is 0.903 bits per heavy atom. The Hall–Kier alpha value is -2.26. The first kappa shape index (κ1) is 26.8. The van der Waals surface area contributed by atoms with Gasteiger partial charge in [0.1, 0.15) is 0 Å². The summed E-state index contributed by atoms with van der Waals surface area (Å²) >= 11 is 0. The molecule has 0 atom stereocenters. The van der Waals surface area contributed by atoms with Gasteiger partial charge in [0.25, 0.3) is 0 Å². The van der Waals surface area contributed by atoms with Crippen molar-refractivity contribution in [1.82, 2.24) is 20.4 Å². The summed E-state index contributed by atoms with van der Waals surface area (Å²) in [6.07, 6.45) is 2.26. The van der Waals surface area contributed by atoms with E-state index in [1.165, 1.54) is 22.3 Å². The van der Waals surface area contributed by atoms with Crippen LogP contribution in [0.2, 0.25) is 0 Å². The van der Waals surface area contributed by atoms with E-state index in [4.69, 9.17) is 0 Å². The quantitative estimate of drug-likeness (QED) is 0.344. The van der Waals surface area contributed by atoms with E-state index in [0.29, 0.717) is 0 Å². The summed E-state index contributed by atoms with van der Waals surface area (Å²) in [5.74, 6) is 0. The first-order valence-corrected chi connectivity index (χ1v) is 10.3. The zero-order valence-corrected chi connectivity index (χ0v) is 21.9. The largest absolute Gasteiger partial charge is 2.00 e. The third-order valence-corrected chi connectivity index (χ3v) is 5.26. The molecule has 0 aliphatic rings. The molecule has 0 aliphatic carbocycles. The van der Waals surface area contributed by atoms with Gasteiger partial charge >= 0.3 is 26.2 Å². The minimum atomic E-state index is 0. The molecule has 0 saturated heterocycles. The van der Waals surface area contributed by atoms with Crippen LogP contribution in [0, 0.1) is 41.5 Å². The number of hydrogen-bond acceptors (Lipinski definition) is 4. The summed E-state index contributed by atoms with van der Waals surface area (Å²) in [7, 11) is 0. The van der Waals surface area contributed by atoms with E-state index in [2.05, 4.69) is 81.1 Å². The molecule has 5 heteroatoms. The van der Waals surface area contributed by atoms with Gasteiger partial charge in [0.15, 0.2) is 0 Å². The Labute approximate surface area is 206 Å². The van der Waals surface area contributed by atoms with Crippen LogP contribution in [0.4, 0.5) is 0 Å². The summed E-state index contributed by atoms with van der Waals surface area (Å²) in [5.41, 5.74) is 9.43. The number of aromatic nitrogens is 4. The van der Waals surface area contributed by atoms with Gasteiger partial charge in [-0.25, -0.2) is 0 Å². The van der Waals surface area contributed by atoms with Gasteiger partial charge in [0.2, 0.25) is 0 Å². The standard InChI is InChI=1S/C14H14.2C6H9N2.Zr/c1-3-7-13(8-4-1)11-12-14-9-5-2-6-10-14;2*1-4-5(2)7-8-6(4)3;/h1-10H,11-12H2;2*1-3H3;/q;2*-1;+2. The van der Waals surface area contributed by atoms with E-state index < -0.39 is 0 Å². The average molecular weight is 492 g/mol. The predicted molar refractivity (Wildman–Crippen MR) is 124 cm³/mol. The van der Waals surface area contributed by atoms with Gasteiger partial charge < -0.3 is 0 Å². The summed E-state index contributed by atoms with van der Waals surface area (Å²) in [6, 6.07) is 21.2. The Bertz CT molecular complexity index is 882. The second-order valence-corrected chi connectivity index (χ2v) is 7.46. The molecule has 31 heavy (non-hydrogen) atoms. The molecule has 160 valence electrons. The fraction of sp³-hybridized carbons (Fsp3) is 0.308. The third kappa shape index (κ3) is 9.18. The Kier molecular flexibility index (Phi) is 12.0. The minimum Gasteiger partial charge on any atom is -0.273 e. The third-order valence-electron chi connectivity index (χ3n) is 5.26. The predicted octanol–water partition coefficient (Wildman–Crippen LogP) is 5.71. The molecule has 0 aliphatic heterocycles. The van der Waals surface area contributed by atoms with Crippen molar-refractivity contribution in [2.75, 3.05) is 0 Å². The molecule has 0 fully saturated rings. The number of rotatable bonds is 3. The van der Waals surface area contributed by atoms with E-state index in [-0.39, 0.29) is 26.2 Å². The Morgan fingerprint density at radius 1 is 0.581 bits per heavy atom. The number of aryl methyl sites for hydroxylation is 6. The molecular formula is C26H32N4Zr. The van der Waals surface area contributed by atoms with Crippen molar-refractivity contribution in [3.8, 4) is 0 Å². The van der Waals surface area contributed by atoms with Gasteiger partial charge in [-0.3, -0.25) is 20.4 Å². The molecule has 0 amide bonds. The molecule has 0 bridgehead atoms. The van der Waals surface area contributed by atoms with Crippen molar-refractivity contribution < 1.29 is 26.2 Å². The SMILES string of the molecule is Cc1nn[c-](C)c1C.Cc1nn[c-](C)c1C.[Zr+2].c1ccc(CCc2ccccc2)cc1. The second kappa shape index (κ2) is 13.9. The second-order valence-electron chi connectivity index (χ2n) is 7.46. The number of hydrogen-bond donors (Lipinski definition) is 0. The maximum absolute atomic E-state index is 3.87. The van der Waals surface area contributed by atoms with Crippen molar-refractivity contribution in [2.24, 2.45) is 0 Å². The van der Waals surface area contributed by atoms with Crippen molar-refractivity contribution in [3.05, 3.63) is 106 Å². The summed E-state index contributed by atoms with van der Waals surface area (Å²) in [6.45, 7) is 11.9. The fourth-order valence-electron chi connectivity index (χ4n) is 2.70. The van der Waals surface area contributed by atoms with Gasteiger partial charge in [-0.15, -0.1) is 0 Å². The van der Waals surface area contributed by atoms with E-state index >= 15 is 0 Å². The fourth-order valence-corrected chi connectivity index (χ4v) is 2.70. The van der Waals surface area contributed by atoms with Gasteiger partial charge in [-0.2, -0.15) is 11.1 Å². The maximum atomic E-state index is 3.87. The van der Waals surface area contributed by atoms with Crippen molar-refractivity contribution >= 4 is 0 Å². The molecule has 4 nitrogen and oxygen atoms in total. The van der Waals surface area contributed by atoms with Crippen LogP contribution in [0.3, 0.4) is 0 Å². The van der Waals surface area contributed by atoms with Crippen LogP contribution in [0.5, 0.6) is 0 Å². The van der Waals surface area contributed by atoms with Crippen LogP contribution in [0.15, 0.2) is 60.7 Å². The van der Waals surface area contributed by atoms with Crippen LogP contribution in [0.1, 0.15) is 45.0 Å². The molecule has 0 unspecified atom stereocenters. The Morgan fingerprint density at radius 3 is 1.10 bits per heavy atom. The molecule has 0 spiro atoms. The molecular weight excluding hydrogens is 460 g/mol. The summed E-state index contributed by atoms with van der Waals surface area (Å²) < 4.78 is 0. The summed E-state index contributed by atoms with van der Waals surface area (Å²) in [5, 5.41) is 15.5. The topological polar surface area (TPSA) is 51.6 Å². The molecule has 2 aromatic heterocycles. The van der Waals surface area contributed by atoms with Crippen LogP contribution in [0.25, 0.3) is 0 Å². The van der Waals surface area contributed by atoms with E-state index in [0.717, 1.165) is 35.6 Å². The molecule has 0 saturated carbocycles. The zero-order chi connectivity index (χ0) is 21.9. The molecule has 2 heterocycles. The number of nitrogens with zero attached hydrogens (tertiary/aromatic N) is 4. The van der Waals surface area contributed by atoms with Crippen LogP contribution >= 0.6 is 0 Å². The van der Waals surface area contributed by atoms with Crippen molar-refractivity contribution in [3.63, 3.8) is 0 Å².